The number of epoxide rings is 1. The third kappa shape index (κ3) is 19.0. The number of halogens is 2. The fourth-order valence-electron chi connectivity index (χ4n) is 15.3. The van der Waals surface area contributed by atoms with Crippen LogP contribution in [0.3, 0.4) is 0 Å². The number of nitrogens with zero attached hydrogens (tertiary/aromatic N) is 6. The molecular formula is C77H102Cl2N8O16S. The molecule has 4 bridgehead atoms. The highest BCUT2D eigenvalue weighted by molar-refractivity contribution is 8.14. The number of nitrogens with one attached hydrogen (secondary N) is 2. The van der Waals surface area contributed by atoms with E-state index in [1.807, 2.05) is 54.3 Å². The van der Waals surface area contributed by atoms with Crippen LogP contribution in [0.4, 0.5) is 15.3 Å². The van der Waals surface area contributed by atoms with E-state index in [1.54, 1.807) is 57.3 Å². The number of hydrogen-bond donors (Lipinski definition) is 3. The average Bonchev–Trinajstić information content (AvgIpc) is 1.56. The molecule has 4 fully saturated rings. The number of rotatable bonds is 24. The molecule has 104 heavy (non-hydrogen) atoms. The Labute approximate surface area is 624 Å². The molecular weight excluding hydrogens is 1400 g/mol. The summed E-state index contributed by atoms with van der Waals surface area (Å²) in [7, 11) is 5.91. The van der Waals surface area contributed by atoms with Crippen molar-refractivity contribution in [3.8, 4) is 5.75 Å². The van der Waals surface area contributed by atoms with Crippen molar-refractivity contribution in [2.75, 3.05) is 85.1 Å². The topological polar surface area (TPSA) is 281 Å². The number of fused-ring (bicyclic) bond motifs is 7. The van der Waals surface area contributed by atoms with Crippen molar-refractivity contribution in [2.24, 2.45) is 23.7 Å². The molecule has 566 valence electrons. The number of alkyl carbamates (subject to hydrolysis) is 2. The molecule has 0 radical (unpaired) electrons. The zero-order valence-corrected chi connectivity index (χ0v) is 64.0. The van der Waals surface area contributed by atoms with E-state index in [1.165, 1.54) is 43.7 Å². The molecule has 4 heterocycles. The van der Waals surface area contributed by atoms with Crippen LogP contribution < -0.4 is 20.3 Å². The van der Waals surface area contributed by atoms with Gasteiger partial charge in [-0.15, -0.1) is 5.10 Å². The standard InChI is InChI=1S/C77H102Cl2N8O16S/c1-47-16-15-17-63(97-11)77(95)44-62(101-73(94)81-77)48(2)68-75(7,103-68)64(43-66(89)85(9)60-41-51(40-47)42-61(96-10)67(60)79)102-69(90)49(3)84(8)65(88)30-39-104-70(91)52-20-18-50(19-21-52)45-86(71(92)76(31-13-12-14-32-76)53-22-24-54(78)25-23-53)34-36-99-38-37-98-35-33-80-72(93)100-46-57-55-26-28-58-59(29-27-56(55)57)87(83-82-58)74(4,5)6/h15-25,41-42,48-49,55-57,62-64,68,95H,12-14,26-40,43-46H2,1-11H3,(H,80,93)(H,81,94)/b17-15+,47-16+/t48-,49+,55+,56-,57-,62+,63-,64+,68+,75?,77+/m1/s1. The largest absolute Gasteiger partial charge is 0.495 e. The second kappa shape index (κ2) is 34.6. The third-order valence-electron chi connectivity index (χ3n) is 21.7. The molecule has 3 aromatic carbocycles. The van der Waals surface area contributed by atoms with Crippen molar-refractivity contribution in [1.82, 2.24) is 35.4 Å². The number of amides is 5. The van der Waals surface area contributed by atoms with E-state index in [2.05, 4.69) is 46.4 Å². The summed E-state index contributed by atoms with van der Waals surface area (Å²) < 4.78 is 49.3. The van der Waals surface area contributed by atoms with Crippen molar-refractivity contribution in [1.29, 1.82) is 0 Å². The fourth-order valence-corrected chi connectivity index (χ4v) is 16.5. The van der Waals surface area contributed by atoms with Crippen LogP contribution in [-0.2, 0) is 89.1 Å². The average molecular weight is 1500 g/mol. The van der Waals surface area contributed by atoms with Crippen LogP contribution in [0.15, 0.2) is 84.5 Å². The van der Waals surface area contributed by atoms with E-state index in [0.717, 1.165) is 84.7 Å². The van der Waals surface area contributed by atoms with Crippen LogP contribution in [0.5, 0.6) is 5.75 Å². The van der Waals surface area contributed by atoms with E-state index >= 15 is 4.79 Å². The highest BCUT2D eigenvalue weighted by Gasteiger charge is 2.65. The number of benzene rings is 3. The molecule has 2 saturated carbocycles. The van der Waals surface area contributed by atoms with Crippen molar-refractivity contribution in [2.45, 2.75) is 191 Å². The van der Waals surface area contributed by atoms with Gasteiger partial charge in [0.25, 0.3) is 0 Å². The number of aryl methyl sites for hydroxylation is 1. The number of aliphatic hydroxyl groups is 1. The highest BCUT2D eigenvalue weighted by Crippen LogP contribution is 2.54. The van der Waals surface area contributed by atoms with Crippen molar-refractivity contribution >= 4 is 81.6 Å². The Balaban J connectivity index is 0.713. The van der Waals surface area contributed by atoms with Crippen molar-refractivity contribution in [3.05, 3.63) is 128 Å². The summed E-state index contributed by atoms with van der Waals surface area (Å²) in [6.07, 6.45) is 7.76. The number of aromatic nitrogens is 3. The molecule has 2 saturated heterocycles. The van der Waals surface area contributed by atoms with Crippen LogP contribution in [0.25, 0.3) is 0 Å². The first-order valence-corrected chi connectivity index (χ1v) is 38.0. The molecule has 10 rings (SSSR count). The monoisotopic (exact) mass is 1500 g/mol. The number of thioether (sulfide) groups is 1. The van der Waals surface area contributed by atoms with Gasteiger partial charge in [-0.2, -0.15) is 0 Å². The lowest BCUT2D eigenvalue weighted by Gasteiger charge is -2.42. The van der Waals surface area contributed by atoms with Crippen LogP contribution in [0, 0.1) is 23.7 Å². The van der Waals surface area contributed by atoms with E-state index in [4.69, 9.17) is 61.1 Å². The number of carbonyl (C=O) groups excluding carboxylic acids is 7. The normalized spacial score (nSPS) is 26.4. The Kier molecular flexibility index (Phi) is 26.5. The first-order chi connectivity index (χ1) is 49.6. The van der Waals surface area contributed by atoms with Gasteiger partial charge in [0.2, 0.25) is 22.8 Å². The maximum Gasteiger partial charge on any atom is 0.409 e. The van der Waals surface area contributed by atoms with Gasteiger partial charge in [-0.25, -0.2) is 19.1 Å². The molecule has 3 aliphatic heterocycles. The Morgan fingerprint density at radius 2 is 1.64 bits per heavy atom. The number of allylic oxidation sites excluding steroid dienone is 3. The quantitative estimate of drug-likeness (QED) is 0.0254. The molecule has 6 aliphatic rings. The summed E-state index contributed by atoms with van der Waals surface area (Å²) in [5.74, 6) is -0.587. The second-order valence-corrected chi connectivity index (χ2v) is 31.6. The van der Waals surface area contributed by atoms with E-state index in [9.17, 15) is 33.9 Å². The summed E-state index contributed by atoms with van der Waals surface area (Å²) in [6, 6.07) is 17.0. The maximum atomic E-state index is 15.1. The number of carbonyl (C=O) groups is 7. The summed E-state index contributed by atoms with van der Waals surface area (Å²) in [4.78, 5) is 102. The Hall–Kier alpha value is -7.10. The van der Waals surface area contributed by atoms with Crippen molar-refractivity contribution < 1.29 is 76.6 Å². The molecule has 0 spiro atoms. The molecule has 27 heteroatoms. The van der Waals surface area contributed by atoms with Gasteiger partial charge in [0.05, 0.1) is 80.7 Å². The zero-order valence-electron chi connectivity index (χ0n) is 61.7. The number of hydrogen-bond acceptors (Lipinski definition) is 19. The molecule has 11 atom stereocenters. The van der Waals surface area contributed by atoms with E-state index in [0.29, 0.717) is 65.6 Å². The van der Waals surface area contributed by atoms with Gasteiger partial charge in [0.1, 0.15) is 40.7 Å². The fraction of sp³-hybridized carbons (Fsp3) is 0.597. The smallest absolute Gasteiger partial charge is 0.409 e. The minimum atomic E-state index is -1.89. The van der Waals surface area contributed by atoms with E-state index in [-0.39, 0.29) is 86.2 Å². The molecule has 3 N–H and O–H groups in total. The number of methoxy groups -OCH3 is 2. The second-order valence-electron chi connectivity index (χ2n) is 29.7. The molecule has 3 aliphatic carbocycles. The summed E-state index contributed by atoms with van der Waals surface area (Å²) >= 11 is 14.2. The number of esters is 1. The van der Waals surface area contributed by atoms with E-state index < -0.39 is 89.5 Å². The molecule has 24 nitrogen and oxygen atoms in total. The van der Waals surface area contributed by atoms with Crippen LogP contribution in [-0.4, -0.2) is 193 Å². The van der Waals surface area contributed by atoms with Gasteiger partial charge < -0.3 is 63.0 Å². The minimum absolute atomic E-state index is 0.0171. The maximum absolute atomic E-state index is 15.1. The van der Waals surface area contributed by atoms with Gasteiger partial charge in [-0.1, -0.05) is 127 Å². The Bertz CT molecular complexity index is 3790. The highest BCUT2D eigenvalue weighted by atomic mass is 35.5. The minimum Gasteiger partial charge on any atom is -0.495 e. The predicted molar refractivity (Wildman–Crippen MR) is 394 cm³/mol. The Morgan fingerprint density at radius 1 is 0.942 bits per heavy atom. The van der Waals surface area contributed by atoms with Crippen LogP contribution >= 0.6 is 35.0 Å². The molecule has 1 unspecified atom stereocenters. The lowest BCUT2D eigenvalue weighted by molar-refractivity contribution is -0.162. The summed E-state index contributed by atoms with van der Waals surface area (Å²) in [5.41, 5.74) is 2.30. The third-order valence-corrected chi connectivity index (χ3v) is 23.2. The number of likely N-dealkylation sites (N-methyl/N-ethyl adjacent to an activating group) is 1. The lowest BCUT2D eigenvalue weighted by atomic mass is 9.68. The van der Waals surface area contributed by atoms with Crippen LogP contribution in [0.1, 0.15) is 151 Å². The first kappa shape index (κ1) is 79.5. The summed E-state index contributed by atoms with van der Waals surface area (Å²) in [5, 5.41) is 26.7. The lowest BCUT2D eigenvalue weighted by Crippen LogP contribution is -2.63. The zero-order chi connectivity index (χ0) is 74.8. The van der Waals surface area contributed by atoms with Gasteiger partial charge in [-0.05, 0) is 145 Å². The van der Waals surface area contributed by atoms with Gasteiger partial charge in [-0.3, -0.25) is 24.5 Å². The number of anilines is 1. The number of ether oxygens (including phenoxy) is 8. The summed E-state index contributed by atoms with van der Waals surface area (Å²) in [6.45, 7) is 15.5. The van der Waals surface area contributed by atoms with Crippen LogP contribution in [0.2, 0.25) is 10.0 Å². The Morgan fingerprint density at radius 3 is 2.34 bits per heavy atom. The predicted octanol–water partition coefficient (Wildman–Crippen LogP) is 10.9. The molecule has 4 aromatic rings. The van der Waals surface area contributed by atoms with Gasteiger partial charge in [0, 0.05) is 75.9 Å². The van der Waals surface area contributed by atoms with Gasteiger partial charge in [0.15, 0.2) is 5.72 Å². The first-order valence-electron chi connectivity index (χ1n) is 36.2. The van der Waals surface area contributed by atoms with Gasteiger partial charge >= 0.3 is 18.2 Å². The molecule has 1 aromatic heterocycles. The van der Waals surface area contributed by atoms with Crippen molar-refractivity contribution in [3.63, 3.8) is 0 Å². The molecule has 5 amide bonds. The SMILES string of the molecule is COc1cc2cc(c1Cl)N(C)C(=O)C[C@H](OC(=O)[C@H](C)N(C)C(=O)CCSC(=O)c1ccc(CN(CCOCCOCCNC(=O)OC[C@H]3[C@@H]4CCc5c(nnn5C(C)(C)C)CC[C@@H]43)C(=O)C3(c4ccc(Cl)cc4)CCCCC3)cc1)C1(C)O[C@H]1[C@H](C)[C@@H]1C[C@@](O)(NC(=O)O1)[C@H](OC)/C=C/C=C(\C)C2.